The molecule has 1 aromatic heterocycles. The van der Waals surface area contributed by atoms with E-state index in [1.807, 2.05) is 99.7 Å². The van der Waals surface area contributed by atoms with Gasteiger partial charge in [-0.15, -0.1) is 11.3 Å². The summed E-state index contributed by atoms with van der Waals surface area (Å²) < 4.78 is 2.60. The molecular weight excluding hydrogens is 881 g/mol. The molecular formula is C66H74N4S. The van der Waals surface area contributed by atoms with Crippen LogP contribution in [0.25, 0.3) is 67.0 Å². The lowest BCUT2D eigenvalue weighted by Crippen LogP contribution is -2.17. The van der Waals surface area contributed by atoms with Crippen molar-refractivity contribution in [2.45, 2.75) is 73.3 Å². The zero-order valence-electron chi connectivity index (χ0n) is 42.9. The standard InChI is InChI=1S/C48H44N2S.C13H13N.2C2H6.CH5N/c1-3-40-42-30-29-41(36-23-20-33(21-24-36)22-31-44(49)37-18-12-7-13-19-37)47(48(42)51-46(40)4-2)39-27-25-38(26-28-39)45(50)32-43(34-14-8-5-9-15-34)35-16-10-6-11-17-35;14-10-11-5-4-8-13(9-11)12-6-2-1-3-7-12;3*1-2/h3-10,12-16,18-21,23-32,43H,11,17,22,49-50H2,1-2H3;1-9H,10,14H2;2*1-2H3;2H2,1H3/b40-3-,44-31-,45-32-,46-4+;;;;. The van der Waals surface area contributed by atoms with Gasteiger partial charge in [-0.2, -0.15) is 0 Å². The first-order chi connectivity index (χ1) is 34.9. The molecule has 4 nitrogen and oxygen atoms in total. The number of hydrogen-bond donors (Lipinski definition) is 4. The van der Waals surface area contributed by atoms with E-state index in [9.17, 15) is 0 Å². The molecule has 5 heteroatoms. The Kier molecular flexibility index (Phi) is 22.3. The van der Waals surface area contributed by atoms with E-state index < -0.39 is 0 Å². The molecule has 0 saturated carbocycles. The van der Waals surface area contributed by atoms with E-state index in [-0.39, 0.29) is 5.92 Å². The Hall–Kier alpha value is -7.28. The lowest BCUT2D eigenvalue weighted by atomic mass is 9.85. The number of fused-ring (bicyclic) bond motifs is 1. The number of hydrogen-bond acceptors (Lipinski definition) is 5. The van der Waals surface area contributed by atoms with Gasteiger partial charge in [-0.1, -0.05) is 240 Å². The average molecular weight is 955 g/mol. The number of rotatable bonds is 11. The second-order valence-electron chi connectivity index (χ2n) is 16.3. The lowest BCUT2D eigenvalue weighted by molar-refractivity contribution is 0.851. The van der Waals surface area contributed by atoms with E-state index in [1.54, 1.807) is 0 Å². The second-order valence-corrected chi connectivity index (χ2v) is 17.4. The van der Waals surface area contributed by atoms with Crippen molar-refractivity contribution in [1.82, 2.24) is 0 Å². The Morgan fingerprint density at radius 2 is 1.20 bits per heavy atom. The number of nitrogens with two attached hydrogens (primary N) is 4. The third-order valence-electron chi connectivity index (χ3n) is 12.1. The van der Waals surface area contributed by atoms with Crippen LogP contribution < -0.4 is 32.7 Å². The molecule has 0 saturated heterocycles. The Labute approximate surface area is 428 Å². The Bertz CT molecular complexity index is 3110. The maximum atomic E-state index is 6.89. The fourth-order valence-corrected chi connectivity index (χ4v) is 9.90. The predicted octanol–water partition coefficient (Wildman–Crippen LogP) is 15.2. The monoisotopic (exact) mass is 955 g/mol. The zero-order chi connectivity index (χ0) is 51.0. The molecule has 0 amide bonds. The first-order valence-corrected chi connectivity index (χ1v) is 25.9. The van der Waals surface area contributed by atoms with Crippen molar-refractivity contribution in [3.8, 4) is 33.4 Å². The first-order valence-electron chi connectivity index (χ1n) is 25.1. The molecule has 0 bridgehead atoms. The van der Waals surface area contributed by atoms with Gasteiger partial charge in [-0.25, -0.2) is 0 Å². The van der Waals surface area contributed by atoms with E-state index in [4.69, 9.17) is 17.2 Å². The van der Waals surface area contributed by atoms with E-state index >= 15 is 0 Å². The van der Waals surface area contributed by atoms with Gasteiger partial charge in [0, 0.05) is 44.0 Å². The topological polar surface area (TPSA) is 104 Å². The van der Waals surface area contributed by atoms with Crippen molar-refractivity contribution in [3.05, 3.63) is 249 Å². The van der Waals surface area contributed by atoms with Crippen LogP contribution >= 0.6 is 11.3 Å². The van der Waals surface area contributed by atoms with Gasteiger partial charge < -0.3 is 22.9 Å². The van der Waals surface area contributed by atoms with Crippen LogP contribution in [-0.2, 0) is 13.0 Å². The molecule has 1 aliphatic carbocycles. The van der Waals surface area contributed by atoms with Crippen molar-refractivity contribution in [2.24, 2.45) is 22.9 Å². The summed E-state index contributed by atoms with van der Waals surface area (Å²) in [6.45, 7) is 12.9. The Balaban J connectivity index is 0.000000395. The van der Waals surface area contributed by atoms with Gasteiger partial charge in [0.2, 0.25) is 0 Å². The highest BCUT2D eigenvalue weighted by Gasteiger charge is 2.18. The SMILES string of the molecule is C/C=c1\c(=C/C)sc2c(-c3ccc(/C(N)=C/C(C4=CC=CCC4)c4ccccc4)cc3)c(-c3ccc(C/C=C(\N)c4ccccc4)cc3)ccc12.CC.CC.CN.NCc1cccc(-c2ccccc2)c1. The molecule has 364 valence electrons. The normalized spacial score (nSPS) is 13.0. The van der Waals surface area contributed by atoms with Crippen molar-refractivity contribution < 1.29 is 0 Å². The summed E-state index contributed by atoms with van der Waals surface area (Å²) in [6, 6.07) is 61.9. The summed E-state index contributed by atoms with van der Waals surface area (Å²) in [6.07, 6.45) is 18.3. The van der Waals surface area contributed by atoms with Gasteiger partial charge in [-0.3, -0.25) is 0 Å². The maximum absolute atomic E-state index is 6.89. The molecule has 71 heavy (non-hydrogen) atoms. The molecule has 7 aromatic carbocycles. The fraction of sp³-hybridized carbons (Fsp3) is 0.182. The van der Waals surface area contributed by atoms with Gasteiger partial charge in [0.25, 0.3) is 0 Å². The summed E-state index contributed by atoms with van der Waals surface area (Å²) in [5, 5.41) is 2.59. The lowest BCUT2D eigenvalue weighted by Gasteiger charge is -2.20. The van der Waals surface area contributed by atoms with Crippen molar-refractivity contribution in [2.75, 3.05) is 7.05 Å². The molecule has 0 spiro atoms. The van der Waals surface area contributed by atoms with E-state index in [0.29, 0.717) is 6.54 Å². The molecule has 0 radical (unpaired) electrons. The molecule has 1 unspecified atom stereocenters. The number of allylic oxidation sites excluding steroid dienone is 6. The second kappa shape index (κ2) is 29.0. The fourth-order valence-electron chi connectivity index (χ4n) is 8.61. The van der Waals surface area contributed by atoms with Gasteiger partial charge in [0.05, 0.1) is 0 Å². The highest BCUT2D eigenvalue weighted by molar-refractivity contribution is 7.17. The van der Waals surface area contributed by atoms with Crippen LogP contribution in [0.15, 0.2) is 212 Å². The maximum Gasteiger partial charge on any atom is 0.0439 e. The van der Waals surface area contributed by atoms with Gasteiger partial charge in [-0.05, 0) is 113 Å². The van der Waals surface area contributed by atoms with Crippen LogP contribution in [0.1, 0.15) is 88.1 Å². The van der Waals surface area contributed by atoms with Gasteiger partial charge >= 0.3 is 0 Å². The summed E-state index contributed by atoms with van der Waals surface area (Å²) >= 11 is 1.87. The predicted molar refractivity (Wildman–Crippen MR) is 315 cm³/mol. The average Bonchev–Trinajstić information content (AvgIpc) is 3.84. The summed E-state index contributed by atoms with van der Waals surface area (Å²) in [5.74, 6) is 0.142. The molecule has 1 atom stereocenters. The van der Waals surface area contributed by atoms with E-state index in [1.165, 1.54) is 82.5 Å². The Morgan fingerprint density at radius 1 is 0.592 bits per heavy atom. The first kappa shape index (κ1) is 54.7. The van der Waals surface area contributed by atoms with E-state index in [0.717, 1.165) is 41.8 Å². The highest BCUT2D eigenvalue weighted by atomic mass is 32.1. The Morgan fingerprint density at radius 3 is 1.80 bits per heavy atom. The van der Waals surface area contributed by atoms with Crippen LogP contribution in [0.3, 0.4) is 0 Å². The molecule has 8 aromatic rings. The van der Waals surface area contributed by atoms with Crippen LogP contribution in [0.2, 0.25) is 0 Å². The van der Waals surface area contributed by atoms with Crippen LogP contribution in [0.4, 0.5) is 0 Å². The highest BCUT2D eigenvalue weighted by Crippen LogP contribution is 2.40. The molecule has 1 heterocycles. The van der Waals surface area contributed by atoms with Crippen molar-refractivity contribution in [1.29, 1.82) is 0 Å². The van der Waals surface area contributed by atoms with Crippen molar-refractivity contribution in [3.63, 3.8) is 0 Å². The van der Waals surface area contributed by atoms with Gasteiger partial charge in [0.1, 0.15) is 0 Å². The minimum atomic E-state index is 0.142. The molecule has 1 aliphatic rings. The smallest absolute Gasteiger partial charge is 0.0439 e. The minimum absolute atomic E-state index is 0.142. The van der Waals surface area contributed by atoms with E-state index in [2.05, 4.69) is 177 Å². The van der Waals surface area contributed by atoms with Crippen molar-refractivity contribution >= 4 is 45.0 Å². The molecule has 9 rings (SSSR count). The van der Waals surface area contributed by atoms with Crippen LogP contribution in [0.5, 0.6) is 0 Å². The number of benzene rings is 7. The summed E-state index contributed by atoms with van der Waals surface area (Å²) in [5.41, 5.74) is 39.4. The summed E-state index contributed by atoms with van der Waals surface area (Å²) in [4.78, 5) is 0. The quantitative estimate of drug-likeness (QED) is 0.104. The zero-order valence-corrected chi connectivity index (χ0v) is 43.7. The molecule has 8 N–H and O–H groups in total. The van der Waals surface area contributed by atoms with Gasteiger partial charge in [0.15, 0.2) is 0 Å². The van der Waals surface area contributed by atoms with Crippen LogP contribution in [-0.4, -0.2) is 7.05 Å². The summed E-state index contributed by atoms with van der Waals surface area (Å²) in [7, 11) is 1.50. The number of thiophene rings is 1. The third kappa shape index (κ3) is 14.4. The minimum Gasteiger partial charge on any atom is -0.398 e. The largest absolute Gasteiger partial charge is 0.398 e. The third-order valence-corrected chi connectivity index (χ3v) is 13.4. The molecule has 0 fully saturated rings. The molecule has 0 aliphatic heterocycles. The van der Waals surface area contributed by atoms with Crippen LogP contribution in [0, 0.1) is 0 Å².